The van der Waals surface area contributed by atoms with E-state index in [1.165, 1.54) is 0 Å². The second-order valence-electron chi connectivity index (χ2n) is 4.45. The summed E-state index contributed by atoms with van der Waals surface area (Å²) >= 11 is 6.04. The summed E-state index contributed by atoms with van der Waals surface area (Å²) in [5, 5.41) is 3.98. The molecule has 0 saturated carbocycles. The highest BCUT2D eigenvalue weighted by molar-refractivity contribution is 6.30. The quantitative estimate of drug-likeness (QED) is 0.609. The molecule has 0 saturated heterocycles. The van der Waals surface area contributed by atoms with Crippen LogP contribution in [0.25, 0.3) is 0 Å². The second kappa shape index (κ2) is 7.73. The van der Waals surface area contributed by atoms with Crippen molar-refractivity contribution >= 4 is 11.6 Å². The van der Waals surface area contributed by atoms with Gasteiger partial charge in [0.25, 0.3) is 0 Å². The molecule has 3 heteroatoms. The zero-order valence-electron chi connectivity index (χ0n) is 11.3. The summed E-state index contributed by atoms with van der Waals surface area (Å²) < 4.78 is 5.88. The molecule has 0 fully saturated rings. The van der Waals surface area contributed by atoms with Gasteiger partial charge in [0.05, 0.1) is 0 Å². The molecule has 2 nitrogen and oxygen atoms in total. The number of rotatable bonds is 7. The van der Waals surface area contributed by atoms with E-state index >= 15 is 0 Å². The first kappa shape index (κ1) is 14.6. The van der Waals surface area contributed by atoms with Crippen molar-refractivity contribution in [2.75, 3.05) is 6.54 Å². The number of hydrogen-bond donors (Lipinski definition) is 1. The molecule has 0 radical (unpaired) electrons. The van der Waals surface area contributed by atoms with E-state index < -0.39 is 0 Å². The number of hydrogen-bond acceptors (Lipinski definition) is 2. The lowest BCUT2D eigenvalue weighted by molar-refractivity contribution is 0.302. The van der Waals surface area contributed by atoms with Crippen LogP contribution >= 0.6 is 11.6 Å². The Balaban J connectivity index is 2.04. The third-order valence-corrected chi connectivity index (χ3v) is 3.10. The van der Waals surface area contributed by atoms with Gasteiger partial charge in [0.15, 0.2) is 0 Å². The zero-order chi connectivity index (χ0) is 14.2. The van der Waals surface area contributed by atoms with Gasteiger partial charge in [-0.2, -0.15) is 0 Å². The van der Waals surface area contributed by atoms with E-state index in [2.05, 4.69) is 11.9 Å². The fourth-order valence-corrected chi connectivity index (χ4v) is 2.07. The second-order valence-corrected chi connectivity index (χ2v) is 4.88. The first-order valence-corrected chi connectivity index (χ1v) is 6.94. The van der Waals surface area contributed by atoms with E-state index in [0.29, 0.717) is 18.2 Å². The topological polar surface area (TPSA) is 21.3 Å². The van der Waals surface area contributed by atoms with Crippen LogP contribution < -0.4 is 10.1 Å². The van der Waals surface area contributed by atoms with Crippen molar-refractivity contribution < 1.29 is 4.74 Å². The van der Waals surface area contributed by atoms with Gasteiger partial charge in [-0.3, -0.25) is 0 Å². The summed E-state index contributed by atoms with van der Waals surface area (Å²) in [6.45, 7) is 5.70. The molecule has 104 valence electrons. The number of ether oxygens (including phenoxy) is 1. The lowest BCUT2D eigenvalue weighted by Crippen LogP contribution is -2.13. The van der Waals surface area contributed by atoms with Crippen LogP contribution in [0, 0.1) is 0 Å². The van der Waals surface area contributed by atoms with Gasteiger partial charge in [-0.25, -0.2) is 0 Å². The van der Waals surface area contributed by atoms with E-state index in [0.717, 1.165) is 23.4 Å². The van der Waals surface area contributed by atoms with Crippen LogP contribution in [0.3, 0.4) is 0 Å². The molecule has 0 spiro atoms. The van der Waals surface area contributed by atoms with Gasteiger partial charge >= 0.3 is 0 Å². The molecule has 1 N–H and O–H groups in total. The Morgan fingerprint density at radius 2 is 1.95 bits per heavy atom. The van der Waals surface area contributed by atoms with Gasteiger partial charge in [0.1, 0.15) is 12.4 Å². The van der Waals surface area contributed by atoms with Gasteiger partial charge in [-0.1, -0.05) is 48.0 Å². The van der Waals surface area contributed by atoms with Crippen LogP contribution in [-0.2, 0) is 13.2 Å². The predicted octanol–water partition coefficient (Wildman–Crippen LogP) is 4.19. The first-order valence-electron chi connectivity index (χ1n) is 6.56. The molecule has 0 bridgehead atoms. The van der Waals surface area contributed by atoms with Crippen LogP contribution in [-0.4, -0.2) is 6.54 Å². The summed E-state index contributed by atoms with van der Waals surface area (Å²) in [4.78, 5) is 0. The van der Waals surface area contributed by atoms with Gasteiger partial charge in [-0.15, -0.1) is 6.58 Å². The Labute approximate surface area is 125 Å². The number of halogens is 1. The molecule has 2 aromatic carbocycles. The molecule has 0 aliphatic rings. The van der Waals surface area contributed by atoms with Crippen LogP contribution in [0.5, 0.6) is 5.75 Å². The standard InChI is InChI=1S/C17H18ClNO/c1-2-10-19-12-15-11-16(18)8-9-17(15)20-13-14-6-4-3-5-7-14/h2-9,11,19H,1,10,12-13H2. The Morgan fingerprint density at radius 3 is 2.70 bits per heavy atom. The molecule has 0 aliphatic carbocycles. The van der Waals surface area contributed by atoms with Crippen LogP contribution in [0.15, 0.2) is 61.2 Å². The largest absolute Gasteiger partial charge is 0.489 e. The summed E-state index contributed by atoms with van der Waals surface area (Å²) in [6.07, 6.45) is 1.83. The maximum Gasteiger partial charge on any atom is 0.124 e. The van der Waals surface area contributed by atoms with Crippen molar-refractivity contribution in [3.8, 4) is 5.75 Å². The Kier molecular flexibility index (Phi) is 5.66. The molecular formula is C17H18ClNO. The number of nitrogens with one attached hydrogen (secondary N) is 1. The third-order valence-electron chi connectivity index (χ3n) is 2.86. The fraction of sp³-hybridized carbons (Fsp3) is 0.176. The lowest BCUT2D eigenvalue weighted by Gasteiger charge is -2.12. The maximum absolute atomic E-state index is 6.04. The van der Waals surface area contributed by atoms with Crippen molar-refractivity contribution in [1.82, 2.24) is 5.32 Å². The normalized spacial score (nSPS) is 10.2. The minimum Gasteiger partial charge on any atom is -0.489 e. The van der Waals surface area contributed by atoms with Crippen LogP contribution in [0.1, 0.15) is 11.1 Å². The fourth-order valence-electron chi connectivity index (χ4n) is 1.87. The highest BCUT2D eigenvalue weighted by Gasteiger charge is 2.05. The van der Waals surface area contributed by atoms with E-state index in [-0.39, 0.29) is 0 Å². The Bertz CT molecular complexity index is 554. The average Bonchev–Trinajstić information content (AvgIpc) is 2.48. The SMILES string of the molecule is C=CCNCc1cc(Cl)ccc1OCc1ccccc1. The smallest absolute Gasteiger partial charge is 0.124 e. The predicted molar refractivity (Wildman–Crippen MR) is 84.1 cm³/mol. The summed E-state index contributed by atoms with van der Waals surface area (Å²) in [7, 11) is 0. The molecule has 0 atom stereocenters. The van der Waals surface area contributed by atoms with E-state index in [4.69, 9.17) is 16.3 Å². The zero-order valence-corrected chi connectivity index (χ0v) is 12.1. The van der Waals surface area contributed by atoms with Gasteiger partial charge in [0.2, 0.25) is 0 Å². The monoisotopic (exact) mass is 287 g/mol. The number of benzene rings is 2. The van der Waals surface area contributed by atoms with E-state index in [1.807, 2.05) is 54.6 Å². The molecule has 0 amide bonds. The summed E-state index contributed by atoms with van der Waals surface area (Å²) in [5.74, 6) is 0.856. The van der Waals surface area contributed by atoms with E-state index in [1.54, 1.807) is 0 Å². The minimum absolute atomic E-state index is 0.553. The molecule has 0 aromatic heterocycles. The minimum atomic E-state index is 0.553. The highest BCUT2D eigenvalue weighted by Crippen LogP contribution is 2.23. The van der Waals surface area contributed by atoms with Crippen molar-refractivity contribution in [3.63, 3.8) is 0 Å². The van der Waals surface area contributed by atoms with Crippen molar-refractivity contribution in [1.29, 1.82) is 0 Å². The Morgan fingerprint density at radius 1 is 1.15 bits per heavy atom. The van der Waals surface area contributed by atoms with Gasteiger partial charge in [0, 0.05) is 23.7 Å². The average molecular weight is 288 g/mol. The molecule has 2 aromatic rings. The third kappa shape index (κ3) is 4.41. The van der Waals surface area contributed by atoms with Crippen molar-refractivity contribution in [2.24, 2.45) is 0 Å². The summed E-state index contributed by atoms with van der Waals surface area (Å²) in [6, 6.07) is 15.8. The van der Waals surface area contributed by atoms with Gasteiger partial charge < -0.3 is 10.1 Å². The molecule has 0 unspecified atom stereocenters. The van der Waals surface area contributed by atoms with Crippen LogP contribution in [0.2, 0.25) is 5.02 Å². The van der Waals surface area contributed by atoms with E-state index in [9.17, 15) is 0 Å². The molecule has 0 aliphatic heterocycles. The first-order chi connectivity index (χ1) is 9.79. The lowest BCUT2D eigenvalue weighted by atomic mass is 10.2. The Hall–Kier alpha value is -1.77. The van der Waals surface area contributed by atoms with Crippen molar-refractivity contribution in [3.05, 3.63) is 77.3 Å². The van der Waals surface area contributed by atoms with Gasteiger partial charge in [-0.05, 0) is 23.8 Å². The van der Waals surface area contributed by atoms with Crippen LogP contribution in [0.4, 0.5) is 0 Å². The molecule has 2 rings (SSSR count). The molecule has 0 heterocycles. The van der Waals surface area contributed by atoms with Crippen molar-refractivity contribution in [2.45, 2.75) is 13.2 Å². The molecule has 20 heavy (non-hydrogen) atoms. The highest BCUT2D eigenvalue weighted by atomic mass is 35.5. The molecular weight excluding hydrogens is 270 g/mol. The summed E-state index contributed by atoms with van der Waals surface area (Å²) in [5.41, 5.74) is 2.20. The maximum atomic E-state index is 6.04.